The first-order chi connectivity index (χ1) is 12.9. The van der Waals surface area contributed by atoms with Gasteiger partial charge in [0.15, 0.2) is 6.10 Å². The fourth-order valence-corrected chi connectivity index (χ4v) is 3.42. The number of imide groups is 1. The lowest BCUT2D eigenvalue weighted by molar-refractivity contribution is -0.158. The van der Waals surface area contributed by atoms with E-state index in [-0.39, 0.29) is 11.8 Å². The second-order valence-corrected chi connectivity index (χ2v) is 6.93. The molecule has 0 bridgehead atoms. The van der Waals surface area contributed by atoms with Gasteiger partial charge in [0.25, 0.3) is 5.91 Å². The average Bonchev–Trinajstić information content (AvgIpc) is 2.89. The van der Waals surface area contributed by atoms with Crippen molar-refractivity contribution < 1.29 is 23.9 Å². The minimum absolute atomic E-state index is 0.355. The molecule has 1 aliphatic carbocycles. The Balaban J connectivity index is 1.56. The maximum Gasteiger partial charge on any atom is 0.326 e. The zero-order chi connectivity index (χ0) is 19.6. The largest absolute Gasteiger partial charge is 0.451 e. The highest BCUT2D eigenvalue weighted by molar-refractivity contribution is 6.33. The molecule has 27 heavy (non-hydrogen) atoms. The number of esters is 1. The molecule has 8 heteroatoms. The van der Waals surface area contributed by atoms with Crippen molar-refractivity contribution in [2.75, 3.05) is 11.9 Å². The van der Waals surface area contributed by atoms with Crippen LogP contribution in [0.1, 0.15) is 19.8 Å². The second-order valence-electron chi connectivity index (χ2n) is 6.52. The molecule has 1 aromatic rings. The van der Waals surface area contributed by atoms with Gasteiger partial charge in [0.1, 0.15) is 6.54 Å². The number of halogens is 1. The van der Waals surface area contributed by atoms with E-state index >= 15 is 0 Å². The Kier molecular flexibility index (Phi) is 5.60. The summed E-state index contributed by atoms with van der Waals surface area (Å²) in [7, 11) is 0. The topological polar surface area (TPSA) is 92.8 Å². The highest BCUT2D eigenvalue weighted by Crippen LogP contribution is 2.34. The van der Waals surface area contributed by atoms with Gasteiger partial charge in [-0.3, -0.25) is 24.1 Å². The monoisotopic (exact) mass is 390 g/mol. The van der Waals surface area contributed by atoms with Gasteiger partial charge < -0.3 is 10.1 Å². The molecule has 3 rings (SSSR count). The summed E-state index contributed by atoms with van der Waals surface area (Å²) in [5.41, 5.74) is 0.397. The number of nitrogens with one attached hydrogen (secondary N) is 1. The predicted molar refractivity (Wildman–Crippen MR) is 97.7 cm³/mol. The lowest BCUT2D eigenvalue weighted by Crippen LogP contribution is -2.39. The maximum absolute atomic E-state index is 12.4. The van der Waals surface area contributed by atoms with Gasteiger partial charge in [-0.15, -0.1) is 0 Å². The Morgan fingerprint density at radius 1 is 1.19 bits per heavy atom. The fourth-order valence-electron chi connectivity index (χ4n) is 3.24. The first-order valence-electron chi connectivity index (χ1n) is 8.63. The molecule has 0 saturated carbocycles. The third-order valence-electron chi connectivity index (χ3n) is 4.70. The Morgan fingerprint density at radius 3 is 2.37 bits per heavy atom. The third kappa shape index (κ3) is 4.03. The molecule has 1 N–H and O–H groups in total. The van der Waals surface area contributed by atoms with Crippen molar-refractivity contribution in [3.8, 4) is 0 Å². The number of allylic oxidation sites excluding steroid dienone is 2. The van der Waals surface area contributed by atoms with Crippen LogP contribution in [0, 0.1) is 11.8 Å². The van der Waals surface area contributed by atoms with Crippen molar-refractivity contribution in [1.29, 1.82) is 0 Å². The minimum atomic E-state index is -1.11. The van der Waals surface area contributed by atoms with Crippen LogP contribution < -0.4 is 5.32 Å². The van der Waals surface area contributed by atoms with E-state index in [1.165, 1.54) is 6.92 Å². The molecule has 3 atom stereocenters. The Bertz CT molecular complexity index is 796. The lowest BCUT2D eigenvalue weighted by atomic mass is 9.85. The molecule has 142 valence electrons. The summed E-state index contributed by atoms with van der Waals surface area (Å²) in [6, 6.07) is 6.66. The molecule has 3 amide bonds. The van der Waals surface area contributed by atoms with E-state index < -0.39 is 36.4 Å². The molecule has 1 aromatic carbocycles. The predicted octanol–water partition coefficient (Wildman–Crippen LogP) is 2.16. The number of rotatable bonds is 5. The van der Waals surface area contributed by atoms with Crippen LogP contribution in [-0.4, -0.2) is 41.2 Å². The van der Waals surface area contributed by atoms with Crippen LogP contribution in [0.25, 0.3) is 0 Å². The molecule has 1 heterocycles. The van der Waals surface area contributed by atoms with Crippen LogP contribution in [0.3, 0.4) is 0 Å². The number of nitrogens with zero attached hydrogens (tertiary/aromatic N) is 1. The Hall–Kier alpha value is -2.67. The summed E-state index contributed by atoms with van der Waals surface area (Å²) >= 11 is 5.97. The molecule has 1 saturated heterocycles. The van der Waals surface area contributed by atoms with Gasteiger partial charge in [-0.1, -0.05) is 35.9 Å². The van der Waals surface area contributed by atoms with Gasteiger partial charge in [-0.25, -0.2) is 0 Å². The zero-order valence-corrected chi connectivity index (χ0v) is 15.4. The molecule has 0 unspecified atom stereocenters. The number of anilines is 1. The quantitative estimate of drug-likeness (QED) is 0.472. The van der Waals surface area contributed by atoms with Gasteiger partial charge >= 0.3 is 5.97 Å². The number of ether oxygens (including phenoxy) is 1. The van der Waals surface area contributed by atoms with Gasteiger partial charge in [0, 0.05) is 0 Å². The number of carbonyl (C=O) groups excluding carboxylic acids is 4. The molecule has 0 radical (unpaired) electrons. The molecule has 0 aromatic heterocycles. The standard InChI is InChI=1S/C19H19ClN2O5/c1-11(17(24)21-15-9-5-4-8-14(15)20)27-16(23)10-22-18(25)12-6-2-3-7-13(12)19(22)26/h2-5,8-9,11-13H,6-7,10H2,1H3,(H,21,24)/t11-,12-,13+/m0/s1. The molecule has 0 spiro atoms. The number of carbonyl (C=O) groups is 4. The summed E-state index contributed by atoms with van der Waals surface area (Å²) in [5.74, 6) is -2.91. The summed E-state index contributed by atoms with van der Waals surface area (Å²) in [5, 5.41) is 2.92. The number of likely N-dealkylation sites (tertiary alicyclic amines) is 1. The molecular weight excluding hydrogens is 372 g/mol. The number of fused-ring (bicyclic) bond motifs is 1. The van der Waals surface area contributed by atoms with E-state index in [9.17, 15) is 19.2 Å². The maximum atomic E-state index is 12.4. The highest BCUT2D eigenvalue weighted by Gasteiger charge is 2.47. The zero-order valence-electron chi connectivity index (χ0n) is 14.7. The van der Waals surface area contributed by atoms with Crippen LogP contribution >= 0.6 is 11.6 Å². The summed E-state index contributed by atoms with van der Waals surface area (Å²) < 4.78 is 5.08. The van der Waals surface area contributed by atoms with E-state index in [4.69, 9.17) is 16.3 Å². The first-order valence-corrected chi connectivity index (χ1v) is 9.01. The van der Waals surface area contributed by atoms with Crippen molar-refractivity contribution in [2.45, 2.75) is 25.9 Å². The van der Waals surface area contributed by atoms with Gasteiger partial charge in [-0.2, -0.15) is 0 Å². The van der Waals surface area contributed by atoms with E-state index in [2.05, 4.69) is 5.32 Å². The average molecular weight is 391 g/mol. The number of para-hydroxylation sites is 1. The van der Waals surface area contributed by atoms with E-state index in [0.717, 1.165) is 4.90 Å². The van der Waals surface area contributed by atoms with Gasteiger partial charge in [0.05, 0.1) is 22.5 Å². The number of hydrogen-bond donors (Lipinski definition) is 1. The molecule has 1 aliphatic heterocycles. The van der Waals surface area contributed by atoms with Crippen LogP contribution in [-0.2, 0) is 23.9 Å². The van der Waals surface area contributed by atoms with E-state index in [1.807, 2.05) is 12.2 Å². The molecule has 7 nitrogen and oxygen atoms in total. The first kappa shape index (κ1) is 19.1. The Labute approximate surface area is 161 Å². The number of benzene rings is 1. The fraction of sp³-hybridized carbons (Fsp3) is 0.368. The van der Waals surface area contributed by atoms with Crippen LogP contribution in [0.2, 0.25) is 5.02 Å². The van der Waals surface area contributed by atoms with Gasteiger partial charge in [-0.05, 0) is 31.9 Å². The van der Waals surface area contributed by atoms with Gasteiger partial charge in [0.2, 0.25) is 11.8 Å². The lowest BCUT2D eigenvalue weighted by Gasteiger charge is -2.17. The molecule has 2 aliphatic rings. The SMILES string of the molecule is C[C@H](OC(=O)CN1C(=O)[C@H]2CC=CC[C@H]2C1=O)C(=O)Nc1ccccc1Cl. The summed E-state index contributed by atoms with van der Waals surface area (Å²) in [6.07, 6.45) is 3.63. The number of amides is 3. The van der Waals surface area contributed by atoms with E-state index in [0.29, 0.717) is 23.6 Å². The van der Waals surface area contributed by atoms with Crippen molar-refractivity contribution in [3.63, 3.8) is 0 Å². The summed E-state index contributed by atoms with van der Waals surface area (Å²) in [6.45, 7) is 0.912. The molecular formula is C19H19ClN2O5. The van der Waals surface area contributed by atoms with E-state index in [1.54, 1.807) is 24.3 Å². The Morgan fingerprint density at radius 2 is 1.78 bits per heavy atom. The normalized spacial score (nSPS) is 22.4. The number of hydrogen-bond acceptors (Lipinski definition) is 5. The molecule has 1 fully saturated rings. The highest BCUT2D eigenvalue weighted by atomic mass is 35.5. The van der Waals surface area contributed by atoms with Crippen molar-refractivity contribution in [1.82, 2.24) is 4.90 Å². The van der Waals surface area contributed by atoms with Crippen LogP contribution in [0.4, 0.5) is 5.69 Å². The van der Waals surface area contributed by atoms with Crippen LogP contribution in [0.15, 0.2) is 36.4 Å². The smallest absolute Gasteiger partial charge is 0.326 e. The second kappa shape index (κ2) is 7.92. The minimum Gasteiger partial charge on any atom is -0.451 e. The van der Waals surface area contributed by atoms with Crippen LogP contribution in [0.5, 0.6) is 0 Å². The summed E-state index contributed by atoms with van der Waals surface area (Å²) in [4.78, 5) is 49.9. The van der Waals surface area contributed by atoms with Crippen molar-refractivity contribution in [3.05, 3.63) is 41.4 Å². The van der Waals surface area contributed by atoms with Crippen molar-refractivity contribution in [2.24, 2.45) is 11.8 Å². The van der Waals surface area contributed by atoms with Crippen molar-refractivity contribution >= 4 is 41.0 Å². The third-order valence-corrected chi connectivity index (χ3v) is 5.02.